The van der Waals surface area contributed by atoms with Gasteiger partial charge in [-0.3, -0.25) is 0 Å². The van der Waals surface area contributed by atoms with E-state index in [2.05, 4.69) is 47.8 Å². The third-order valence-corrected chi connectivity index (χ3v) is 6.24. The summed E-state index contributed by atoms with van der Waals surface area (Å²) in [5.74, 6) is 0.551. The number of hydrogen-bond donors (Lipinski definition) is 0. The fraction of sp³-hybridized carbons (Fsp3) is 0.391. The highest BCUT2D eigenvalue weighted by atomic mass is 35.5. The van der Waals surface area contributed by atoms with Crippen LogP contribution in [0.3, 0.4) is 0 Å². The average Bonchev–Trinajstić information content (AvgIpc) is 2.95. The Bertz CT molecular complexity index is 941. The van der Waals surface area contributed by atoms with Gasteiger partial charge in [0.2, 0.25) is 0 Å². The number of halogens is 2. The third kappa shape index (κ3) is 3.89. The van der Waals surface area contributed by atoms with Crippen LogP contribution in [0.2, 0.25) is 10.0 Å². The second-order valence-corrected chi connectivity index (χ2v) is 8.76. The fourth-order valence-corrected chi connectivity index (χ4v) is 4.74. The molecule has 0 amide bonds. The van der Waals surface area contributed by atoms with Crippen molar-refractivity contribution in [1.82, 2.24) is 9.47 Å². The molecule has 27 heavy (non-hydrogen) atoms. The number of nitrogens with zero attached hydrogens (tertiary/aromatic N) is 2. The summed E-state index contributed by atoms with van der Waals surface area (Å²) in [5.41, 5.74) is 5.72. The van der Waals surface area contributed by atoms with Crippen LogP contribution in [0.4, 0.5) is 0 Å². The first-order valence-electron chi connectivity index (χ1n) is 9.72. The first-order chi connectivity index (χ1) is 13.0. The summed E-state index contributed by atoms with van der Waals surface area (Å²) in [7, 11) is 4.28. The third-order valence-electron chi connectivity index (χ3n) is 5.76. The molecule has 1 unspecified atom stereocenters. The summed E-state index contributed by atoms with van der Waals surface area (Å²) in [5, 5.41) is 2.96. The van der Waals surface area contributed by atoms with Crippen LogP contribution < -0.4 is 0 Å². The molecular weight excluding hydrogens is 375 g/mol. The van der Waals surface area contributed by atoms with Gasteiger partial charge in [-0.2, -0.15) is 0 Å². The molecule has 1 aliphatic rings. The van der Waals surface area contributed by atoms with Crippen molar-refractivity contribution in [3.8, 4) is 0 Å². The molecule has 0 spiro atoms. The van der Waals surface area contributed by atoms with Gasteiger partial charge >= 0.3 is 0 Å². The minimum Gasteiger partial charge on any atom is -0.344 e. The monoisotopic (exact) mass is 400 g/mol. The van der Waals surface area contributed by atoms with E-state index in [0.717, 1.165) is 42.4 Å². The van der Waals surface area contributed by atoms with Crippen molar-refractivity contribution < 1.29 is 0 Å². The largest absolute Gasteiger partial charge is 0.344 e. The zero-order valence-electron chi connectivity index (χ0n) is 16.0. The molecule has 1 atom stereocenters. The Morgan fingerprint density at radius 3 is 2.52 bits per heavy atom. The lowest BCUT2D eigenvalue weighted by Gasteiger charge is -2.25. The SMILES string of the molecule is CN(C)CCCn1c2c(c3cc(Cl)ccc31)CC(c1ccc(Cl)cc1)CC2. The first-order valence-corrected chi connectivity index (χ1v) is 10.5. The number of hydrogen-bond acceptors (Lipinski definition) is 1. The first kappa shape index (κ1) is 18.9. The molecular formula is C23H26Cl2N2. The van der Waals surface area contributed by atoms with E-state index < -0.39 is 0 Å². The highest BCUT2D eigenvalue weighted by Crippen LogP contribution is 2.39. The van der Waals surface area contributed by atoms with Gasteiger partial charge in [0.15, 0.2) is 0 Å². The number of fused-ring (bicyclic) bond motifs is 3. The zero-order valence-corrected chi connectivity index (χ0v) is 17.5. The zero-order chi connectivity index (χ0) is 19.0. The Balaban J connectivity index is 1.70. The minimum absolute atomic E-state index is 0.551. The Morgan fingerprint density at radius 2 is 1.78 bits per heavy atom. The molecule has 1 aromatic heterocycles. The Labute approximate surface area is 171 Å². The van der Waals surface area contributed by atoms with Gasteiger partial charge in [0.25, 0.3) is 0 Å². The van der Waals surface area contributed by atoms with E-state index in [-0.39, 0.29) is 0 Å². The maximum absolute atomic E-state index is 6.36. The summed E-state index contributed by atoms with van der Waals surface area (Å²) in [6.07, 6.45) is 4.55. The molecule has 0 bridgehead atoms. The summed E-state index contributed by atoms with van der Waals surface area (Å²) in [6, 6.07) is 14.8. The van der Waals surface area contributed by atoms with Gasteiger partial charge in [-0.05, 0) is 93.7 Å². The minimum atomic E-state index is 0.551. The van der Waals surface area contributed by atoms with E-state index in [9.17, 15) is 0 Å². The van der Waals surface area contributed by atoms with Crippen molar-refractivity contribution in [2.75, 3.05) is 20.6 Å². The van der Waals surface area contributed by atoms with Crippen molar-refractivity contribution in [1.29, 1.82) is 0 Å². The van der Waals surface area contributed by atoms with Crippen molar-refractivity contribution in [3.63, 3.8) is 0 Å². The number of rotatable bonds is 5. The van der Waals surface area contributed by atoms with Gasteiger partial charge in [-0.15, -0.1) is 0 Å². The van der Waals surface area contributed by atoms with E-state index in [0.29, 0.717) is 5.92 Å². The average molecular weight is 401 g/mol. The van der Waals surface area contributed by atoms with Gasteiger partial charge in [0.1, 0.15) is 0 Å². The number of aromatic nitrogens is 1. The van der Waals surface area contributed by atoms with Crippen LogP contribution in [0.15, 0.2) is 42.5 Å². The normalized spacial score (nSPS) is 16.9. The lowest BCUT2D eigenvalue weighted by Crippen LogP contribution is -2.18. The Kier molecular flexibility index (Phi) is 5.50. The number of aryl methyl sites for hydroxylation is 1. The van der Waals surface area contributed by atoms with Crippen molar-refractivity contribution in [3.05, 3.63) is 69.3 Å². The summed E-state index contributed by atoms with van der Waals surface area (Å²) in [6.45, 7) is 2.17. The molecule has 4 rings (SSSR count). The molecule has 0 fully saturated rings. The highest BCUT2D eigenvalue weighted by molar-refractivity contribution is 6.31. The van der Waals surface area contributed by atoms with Crippen LogP contribution in [0.5, 0.6) is 0 Å². The van der Waals surface area contributed by atoms with Crippen molar-refractivity contribution in [2.45, 2.75) is 38.1 Å². The van der Waals surface area contributed by atoms with Crippen LogP contribution in [0, 0.1) is 0 Å². The highest BCUT2D eigenvalue weighted by Gasteiger charge is 2.26. The van der Waals surface area contributed by atoms with Gasteiger partial charge in [-0.25, -0.2) is 0 Å². The molecule has 0 N–H and O–H groups in total. The summed E-state index contributed by atoms with van der Waals surface area (Å²) in [4.78, 5) is 2.26. The molecule has 2 aromatic carbocycles. The van der Waals surface area contributed by atoms with Gasteiger partial charge in [0.05, 0.1) is 0 Å². The van der Waals surface area contributed by atoms with E-state index >= 15 is 0 Å². The van der Waals surface area contributed by atoms with Crippen LogP contribution >= 0.6 is 23.2 Å². The van der Waals surface area contributed by atoms with Gasteiger partial charge < -0.3 is 9.47 Å². The lowest BCUT2D eigenvalue weighted by atomic mass is 9.82. The molecule has 0 radical (unpaired) electrons. The molecule has 3 aromatic rings. The molecule has 0 aliphatic heterocycles. The topological polar surface area (TPSA) is 8.17 Å². The van der Waals surface area contributed by atoms with E-state index in [4.69, 9.17) is 23.2 Å². The quantitative estimate of drug-likeness (QED) is 0.496. The fourth-order valence-electron chi connectivity index (χ4n) is 4.44. The molecule has 2 nitrogen and oxygen atoms in total. The van der Waals surface area contributed by atoms with Gasteiger partial charge in [-0.1, -0.05) is 35.3 Å². The van der Waals surface area contributed by atoms with Gasteiger partial charge in [0, 0.05) is 33.2 Å². The van der Waals surface area contributed by atoms with E-state index in [1.54, 1.807) is 0 Å². The van der Waals surface area contributed by atoms with Crippen LogP contribution in [-0.2, 0) is 19.4 Å². The summed E-state index contributed by atoms with van der Waals surface area (Å²) < 4.78 is 2.54. The molecule has 1 heterocycles. The summed E-state index contributed by atoms with van der Waals surface area (Å²) >= 11 is 12.4. The Morgan fingerprint density at radius 1 is 1.04 bits per heavy atom. The predicted octanol–water partition coefficient (Wildman–Crippen LogP) is 6.17. The predicted molar refractivity (Wildman–Crippen MR) is 116 cm³/mol. The maximum Gasteiger partial charge on any atom is 0.0486 e. The molecule has 142 valence electrons. The molecule has 4 heteroatoms. The Hall–Kier alpha value is -1.48. The molecule has 1 aliphatic carbocycles. The maximum atomic E-state index is 6.36. The van der Waals surface area contributed by atoms with Crippen LogP contribution in [0.25, 0.3) is 10.9 Å². The van der Waals surface area contributed by atoms with Crippen molar-refractivity contribution >= 4 is 34.1 Å². The standard InChI is InChI=1S/C23H26Cl2N2/c1-26(2)12-3-13-27-22-10-6-17(16-4-7-18(24)8-5-16)14-20(22)21-15-19(25)9-11-23(21)27/h4-5,7-9,11,15,17H,3,6,10,12-14H2,1-2H3. The lowest BCUT2D eigenvalue weighted by molar-refractivity contribution is 0.385. The smallest absolute Gasteiger partial charge is 0.0486 e. The second kappa shape index (κ2) is 7.87. The van der Waals surface area contributed by atoms with Crippen LogP contribution in [-0.4, -0.2) is 30.1 Å². The number of benzene rings is 2. The second-order valence-electron chi connectivity index (χ2n) is 7.89. The van der Waals surface area contributed by atoms with Crippen LogP contribution in [0.1, 0.15) is 35.6 Å². The van der Waals surface area contributed by atoms with Crippen molar-refractivity contribution in [2.24, 2.45) is 0 Å². The molecule has 0 saturated heterocycles. The molecule has 0 saturated carbocycles. The van der Waals surface area contributed by atoms with E-state index in [1.807, 2.05) is 18.2 Å². The van der Waals surface area contributed by atoms with E-state index in [1.165, 1.54) is 34.1 Å².